The zero-order chi connectivity index (χ0) is 20.0. The predicted octanol–water partition coefficient (Wildman–Crippen LogP) is 3.51. The zero-order valence-electron chi connectivity index (χ0n) is 13.9. The van der Waals surface area contributed by atoms with Crippen molar-refractivity contribution in [3.63, 3.8) is 0 Å². The van der Waals surface area contributed by atoms with Crippen molar-refractivity contribution in [1.29, 1.82) is 5.26 Å². The molecule has 0 heterocycles. The number of rotatable bonds is 2. The fourth-order valence-corrected chi connectivity index (χ4v) is 3.28. The molecular formula is C19H12F4N2O2. The lowest BCUT2D eigenvalue weighted by atomic mass is 9.72. The molecule has 1 aliphatic rings. The Balaban J connectivity index is 2.40. The molecule has 0 fully saturated rings. The van der Waals surface area contributed by atoms with E-state index in [0.29, 0.717) is 0 Å². The summed E-state index contributed by atoms with van der Waals surface area (Å²) in [5, 5.41) is 9.99. The van der Waals surface area contributed by atoms with Crippen LogP contribution < -0.4 is 5.73 Å². The van der Waals surface area contributed by atoms with E-state index in [0.717, 1.165) is 37.4 Å². The van der Waals surface area contributed by atoms with E-state index in [4.69, 9.17) is 10.5 Å². The molecule has 0 bridgehead atoms. The fraction of sp³-hybridized carbons (Fsp3) is 0.158. The maximum absolute atomic E-state index is 13.4. The van der Waals surface area contributed by atoms with Crippen LogP contribution in [0.4, 0.5) is 17.6 Å². The van der Waals surface area contributed by atoms with Crippen molar-refractivity contribution in [2.24, 2.45) is 5.73 Å². The summed E-state index contributed by atoms with van der Waals surface area (Å²) in [7, 11) is 1.07. The molecule has 0 aromatic heterocycles. The number of hydrogen-bond acceptors (Lipinski definition) is 4. The Labute approximate surface area is 151 Å². The van der Waals surface area contributed by atoms with Gasteiger partial charge in [0.25, 0.3) is 0 Å². The summed E-state index contributed by atoms with van der Waals surface area (Å²) in [4.78, 5) is 12.4. The average Bonchev–Trinajstić information content (AvgIpc) is 2.90. The van der Waals surface area contributed by atoms with Crippen molar-refractivity contribution in [2.45, 2.75) is 11.6 Å². The van der Waals surface area contributed by atoms with Crippen LogP contribution in [-0.4, -0.2) is 13.1 Å². The minimum absolute atomic E-state index is 0.104. The number of hydrogen-bond donors (Lipinski definition) is 1. The molecule has 0 saturated carbocycles. The number of nitrogens with two attached hydrogens (primary N) is 1. The van der Waals surface area contributed by atoms with Gasteiger partial charge >= 0.3 is 12.1 Å². The van der Waals surface area contributed by atoms with E-state index >= 15 is 0 Å². The molecule has 0 spiro atoms. The molecule has 2 aromatic rings. The lowest BCUT2D eigenvalue weighted by Gasteiger charge is -2.26. The highest BCUT2D eigenvalue weighted by Gasteiger charge is 2.51. The highest BCUT2D eigenvalue weighted by Crippen LogP contribution is 2.50. The number of benzene rings is 2. The van der Waals surface area contributed by atoms with Gasteiger partial charge in [0.1, 0.15) is 11.2 Å². The van der Waals surface area contributed by atoms with E-state index in [1.807, 2.05) is 6.07 Å². The van der Waals surface area contributed by atoms with Crippen molar-refractivity contribution in [3.8, 4) is 6.07 Å². The van der Waals surface area contributed by atoms with E-state index in [1.54, 1.807) is 0 Å². The van der Waals surface area contributed by atoms with Crippen LogP contribution in [0.25, 0.3) is 5.70 Å². The molecule has 8 heteroatoms. The Morgan fingerprint density at radius 1 is 1.19 bits per heavy atom. The number of fused-ring (bicyclic) bond motifs is 1. The Hall–Kier alpha value is -3.34. The van der Waals surface area contributed by atoms with Crippen molar-refractivity contribution < 1.29 is 27.1 Å². The Kier molecular flexibility index (Phi) is 4.19. The van der Waals surface area contributed by atoms with Gasteiger partial charge in [-0.15, -0.1) is 0 Å². The van der Waals surface area contributed by atoms with E-state index < -0.39 is 28.9 Å². The normalized spacial score (nSPS) is 18.8. The first-order chi connectivity index (χ1) is 12.7. The van der Waals surface area contributed by atoms with Crippen LogP contribution in [-0.2, 0) is 21.1 Å². The number of halogens is 4. The number of carbonyl (C=O) groups excluding carboxylic acids is 1. The summed E-state index contributed by atoms with van der Waals surface area (Å²) in [6.45, 7) is 0. The summed E-state index contributed by atoms with van der Waals surface area (Å²) in [6, 6.07) is 9.17. The van der Waals surface area contributed by atoms with Gasteiger partial charge in [0, 0.05) is 5.56 Å². The van der Waals surface area contributed by atoms with Gasteiger partial charge in [0.2, 0.25) is 0 Å². The monoisotopic (exact) mass is 376 g/mol. The Morgan fingerprint density at radius 2 is 1.81 bits per heavy atom. The van der Waals surface area contributed by atoms with Gasteiger partial charge < -0.3 is 10.5 Å². The molecule has 1 atom stereocenters. The number of esters is 1. The largest absolute Gasteiger partial charge is 0.466 e. The van der Waals surface area contributed by atoms with Gasteiger partial charge in [-0.1, -0.05) is 18.2 Å². The average molecular weight is 376 g/mol. The van der Waals surface area contributed by atoms with E-state index in [2.05, 4.69) is 0 Å². The van der Waals surface area contributed by atoms with Crippen LogP contribution in [0.15, 0.2) is 48.0 Å². The van der Waals surface area contributed by atoms with Gasteiger partial charge in [-0.3, -0.25) is 0 Å². The molecule has 0 radical (unpaired) electrons. The van der Waals surface area contributed by atoms with Crippen molar-refractivity contribution in [1.82, 2.24) is 0 Å². The van der Waals surface area contributed by atoms with Crippen LogP contribution in [0.1, 0.15) is 22.3 Å². The second kappa shape index (κ2) is 6.13. The van der Waals surface area contributed by atoms with E-state index in [-0.39, 0.29) is 28.0 Å². The van der Waals surface area contributed by atoms with E-state index in [1.165, 1.54) is 12.1 Å². The summed E-state index contributed by atoms with van der Waals surface area (Å²) >= 11 is 0. The van der Waals surface area contributed by atoms with Crippen LogP contribution in [0, 0.1) is 17.1 Å². The summed E-state index contributed by atoms with van der Waals surface area (Å²) in [5.41, 5.74) is 2.73. The first-order valence-corrected chi connectivity index (χ1v) is 7.64. The molecule has 4 nitrogen and oxygen atoms in total. The molecule has 3 rings (SSSR count). The first-order valence-electron chi connectivity index (χ1n) is 7.64. The van der Waals surface area contributed by atoms with Crippen LogP contribution >= 0.6 is 0 Å². The molecule has 0 amide bonds. The SMILES string of the molecule is COC(=O)C1=C(N)c2ccc(C(F)(F)F)cc2C1(C#N)c1ccc(F)cc1. The second-order valence-corrected chi connectivity index (χ2v) is 5.91. The minimum atomic E-state index is -4.66. The molecule has 0 saturated heterocycles. The maximum atomic E-state index is 13.4. The first kappa shape index (κ1) is 18.5. The van der Waals surface area contributed by atoms with Crippen molar-refractivity contribution in [3.05, 3.63) is 76.1 Å². The maximum Gasteiger partial charge on any atom is 0.416 e. The van der Waals surface area contributed by atoms with Crippen LogP contribution in [0.5, 0.6) is 0 Å². The van der Waals surface area contributed by atoms with Crippen molar-refractivity contribution >= 4 is 11.7 Å². The highest BCUT2D eigenvalue weighted by molar-refractivity contribution is 6.05. The topological polar surface area (TPSA) is 76.1 Å². The third-order valence-corrected chi connectivity index (χ3v) is 4.52. The fourth-order valence-electron chi connectivity index (χ4n) is 3.28. The lowest BCUT2D eigenvalue weighted by molar-refractivity contribution is -0.137. The quantitative estimate of drug-likeness (QED) is 0.643. The third-order valence-electron chi connectivity index (χ3n) is 4.52. The van der Waals surface area contributed by atoms with Gasteiger partial charge in [-0.25, -0.2) is 9.18 Å². The summed E-state index contributed by atoms with van der Waals surface area (Å²) in [6.07, 6.45) is -4.66. The molecule has 1 aliphatic carbocycles. The van der Waals surface area contributed by atoms with E-state index in [9.17, 15) is 27.6 Å². The number of nitriles is 1. The molecule has 2 aromatic carbocycles. The molecule has 2 N–H and O–H groups in total. The van der Waals surface area contributed by atoms with Gasteiger partial charge in [-0.05, 0) is 35.4 Å². The summed E-state index contributed by atoms with van der Waals surface area (Å²) < 4.78 is 57.7. The molecule has 1 unspecified atom stereocenters. The zero-order valence-corrected chi connectivity index (χ0v) is 13.9. The molecular weight excluding hydrogens is 364 g/mol. The Morgan fingerprint density at radius 3 is 2.33 bits per heavy atom. The minimum Gasteiger partial charge on any atom is -0.466 e. The number of nitrogens with zero attached hydrogens (tertiary/aromatic N) is 1. The molecule has 0 aliphatic heterocycles. The second-order valence-electron chi connectivity index (χ2n) is 5.91. The number of carbonyl (C=O) groups is 1. The van der Waals surface area contributed by atoms with Crippen LogP contribution in [0.2, 0.25) is 0 Å². The lowest BCUT2D eigenvalue weighted by Crippen LogP contribution is -2.31. The number of ether oxygens (including phenoxy) is 1. The molecule has 138 valence electrons. The third kappa shape index (κ3) is 2.63. The van der Waals surface area contributed by atoms with Crippen LogP contribution in [0.3, 0.4) is 0 Å². The van der Waals surface area contributed by atoms with Gasteiger partial charge in [0.15, 0.2) is 0 Å². The van der Waals surface area contributed by atoms with Gasteiger partial charge in [0.05, 0.1) is 30.0 Å². The Bertz CT molecular complexity index is 1000. The van der Waals surface area contributed by atoms with Gasteiger partial charge in [-0.2, -0.15) is 18.4 Å². The summed E-state index contributed by atoms with van der Waals surface area (Å²) in [5.74, 6) is -1.56. The van der Waals surface area contributed by atoms with Crippen molar-refractivity contribution in [2.75, 3.05) is 7.11 Å². The molecule has 27 heavy (non-hydrogen) atoms. The highest BCUT2D eigenvalue weighted by atomic mass is 19.4. The number of methoxy groups -OCH3 is 1. The predicted molar refractivity (Wildman–Crippen MR) is 87.4 cm³/mol. The smallest absolute Gasteiger partial charge is 0.416 e. The number of alkyl halides is 3. The standard InChI is InChI=1S/C19H12F4N2O2/c1-27-17(26)15-16(25)13-7-4-11(19(21,22)23)8-14(13)18(15,9-24)10-2-5-12(20)6-3-10/h2-8H,25H2,1H3.